The summed E-state index contributed by atoms with van der Waals surface area (Å²) in [5.74, 6) is 0.423. The molecule has 6 heteroatoms. The molecule has 0 saturated carbocycles. The first-order chi connectivity index (χ1) is 8.41. The quantitative estimate of drug-likeness (QED) is 0.819. The van der Waals surface area contributed by atoms with Crippen molar-refractivity contribution in [2.24, 2.45) is 0 Å². The van der Waals surface area contributed by atoms with Crippen LogP contribution in [0.15, 0.2) is 29.2 Å². The van der Waals surface area contributed by atoms with Gasteiger partial charge in [0, 0.05) is 34.9 Å². The molecule has 0 unspecified atom stereocenters. The molecule has 1 aliphatic heterocycles. The standard InChI is InChI=1S/C12H17NO3S2/c1-10-3-5-12(6-4-10)18(15,16)13-7-8-17(14)11(2)9-13/h3-6,11H,7-9H2,1-2H3/t11-,17-/m0/s1. The van der Waals surface area contributed by atoms with Crippen LogP contribution in [0.3, 0.4) is 0 Å². The number of hydrogen-bond donors (Lipinski definition) is 0. The van der Waals surface area contributed by atoms with E-state index in [9.17, 15) is 12.6 Å². The van der Waals surface area contributed by atoms with Crippen LogP contribution in [0.4, 0.5) is 0 Å². The van der Waals surface area contributed by atoms with Crippen LogP contribution in [0.5, 0.6) is 0 Å². The van der Waals surface area contributed by atoms with Gasteiger partial charge in [0.1, 0.15) is 0 Å². The Morgan fingerprint density at radius 2 is 1.89 bits per heavy atom. The van der Waals surface area contributed by atoms with Gasteiger partial charge >= 0.3 is 0 Å². The molecule has 1 aliphatic rings. The summed E-state index contributed by atoms with van der Waals surface area (Å²) in [4.78, 5) is 0.313. The van der Waals surface area contributed by atoms with Crippen molar-refractivity contribution in [2.75, 3.05) is 18.8 Å². The Hall–Kier alpha value is -0.720. The lowest BCUT2D eigenvalue weighted by atomic mass is 10.2. The van der Waals surface area contributed by atoms with Crippen molar-refractivity contribution in [3.8, 4) is 0 Å². The minimum Gasteiger partial charge on any atom is -0.259 e. The van der Waals surface area contributed by atoms with Gasteiger partial charge in [-0.1, -0.05) is 17.7 Å². The van der Waals surface area contributed by atoms with E-state index < -0.39 is 20.8 Å². The van der Waals surface area contributed by atoms with Crippen LogP contribution < -0.4 is 0 Å². The molecule has 18 heavy (non-hydrogen) atoms. The molecule has 0 spiro atoms. The summed E-state index contributed by atoms with van der Waals surface area (Å²) >= 11 is 0. The molecule has 1 saturated heterocycles. The first-order valence-corrected chi connectivity index (χ1v) is 8.67. The molecule has 1 aromatic rings. The topological polar surface area (TPSA) is 54.5 Å². The zero-order valence-corrected chi connectivity index (χ0v) is 12.1. The molecule has 0 aliphatic carbocycles. The van der Waals surface area contributed by atoms with Crippen LogP contribution in [0, 0.1) is 6.92 Å². The van der Waals surface area contributed by atoms with Crippen molar-refractivity contribution < 1.29 is 12.6 Å². The highest BCUT2D eigenvalue weighted by molar-refractivity contribution is 7.89. The highest BCUT2D eigenvalue weighted by Gasteiger charge is 2.31. The van der Waals surface area contributed by atoms with E-state index in [0.29, 0.717) is 23.7 Å². The van der Waals surface area contributed by atoms with E-state index in [-0.39, 0.29) is 5.25 Å². The Kier molecular flexibility index (Phi) is 3.89. The van der Waals surface area contributed by atoms with Crippen molar-refractivity contribution in [3.05, 3.63) is 29.8 Å². The van der Waals surface area contributed by atoms with Gasteiger partial charge in [0.2, 0.25) is 10.0 Å². The van der Waals surface area contributed by atoms with Crippen molar-refractivity contribution in [1.82, 2.24) is 4.31 Å². The van der Waals surface area contributed by atoms with Crippen LogP contribution in [0.25, 0.3) is 0 Å². The molecular formula is C12H17NO3S2. The molecule has 0 amide bonds. The second-order valence-electron chi connectivity index (χ2n) is 4.57. The van der Waals surface area contributed by atoms with E-state index in [2.05, 4.69) is 0 Å². The third kappa shape index (κ3) is 2.65. The highest BCUT2D eigenvalue weighted by atomic mass is 32.2. The fourth-order valence-electron chi connectivity index (χ4n) is 1.93. The zero-order valence-electron chi connectivity index (χ0n) is 10.5. The second kappa shape index (κ2) is 5.11. The number of benzene rings is 1. The van der Waals surface area contributed by atoms with Gasteiger partial charge in [-0.3, -0.25) is 4.21 Å². The largest absolute Gasteiger partial charge is 0.259 e. The van der Waals surface area contributed by atoms with E-state index in [1.54, 1.807) is 24.3 Å². The molecule has 0 bridgehead atoms. The molecule has 100 valence electrons. The van der Waals surface area contributed by atoms with Crippen molar-refractivity contribution in [1.29, 1.82) is 0 Å². The average molecular weight is 287 g/mol. The van der Waals surface area contributed by atoms with Gasteiger partial charge in [-0.25, -0.2) is 8.42 Å². The Balaban J connectivity index is 2.26. The molecule has 1 fully saturated rings. The predicted octanol–water partition coefficient (Wildman–Crippen LogP) is 1.14. The second-order valence-corrected chi connectivity index (χ2v) is 8.48. The summed E-state index contributed by atoms with van der Waals surface area (Å²) in [6.07, 6.45) is 0. The van der Waals surface area contributed by atoms with Crippen molar-refractivity contribution in [3.63, 3.8) is 0 Å². The van der Waals surface area contributed by atoms with Crippen LogP contribution in [-0.2, 0) is 20.8 Å². The Bertz CT molecular complexity index is 551. The molecule has 0 N–H and O–H groups in total. The number of nitrogens with zero attached hydrogens (tertiary/aromatic N) is 1. The van der Waals surface area contributed by atoms with Gasteiger partial charge in [-0.2, -0.15) is 4.31 Å². The molecule has 4 nitrogen and oxygen atoms in total. The third-order valence-electron chi connectivity index (χ3n) is 3.11. The summed E-state index contributed by atoms with van der Waals surface area (Å²) in [6, 6.07) is 6.83. The smallest absolute Gasteiger partial charge is 0.243 e. The molecule has 0 aromatic heterocycles. The predicted molar refractivity (Wildman–Crippen MR) is 72.4 cm³/mol. The molecule has 1 heterocycles. The molecule has 2 atom stereocenters. The molecule has 1 aromatic carbocycles. The van der Waals surface area contributed by atoms with E-state index in [1.807, 2.05) is 13.8 Å². The number of hydrogen-bond acceptors (Lipinski definition) is 3. The highest BCUT2D eigenvalue weighted by Crippen LogP contribution is 2.20. The average Bonchev–Trinajstić information content (AvgIpc) is 2.33. The van der Waals surface area contributed by atoms with Crippen LogP contribution in [0.2, 0.25) is 0 Å². The Morgan fingerprint density at radius 1 is 1.28 bits per heavy atom. The van der Waals surface area contributed by atoms with E-state index >= 15 is 0 Å². The number of rotatable bonds is 2. The van der Waals surface area contributed by atoms with Gasteiger partial charge in [0.25, 0.3) is 0 Å². The molecule has 2 rings (SSSR count). The minimum atomic E-state index is -3.44. The first kappa shape index (κ1) is 13.7. The summed E-state index contributed by atoms with van der Waals surface area (Å²) in [7, 11) is -4.34. The SMILES string of the molecule is Cc1ccc(S(=O)(=O)N2CC[S@](=O)[C@@H](C)C2)cc1. The molecular weight excluding hydrogens is 270 g/mol. The van der Waals surface area contributed by atoms with Crippen LogP contribution in [-0.4, -0.2) is 41.0 Å². The van der Waals surface area contributed by atoms with Gasteiger partial charge in [-0.05, 0) is 26.0 Å². The summed E-state index contributed by atoms with van der Waals surface area (Å²) in [6.45, 7) is 4.42. The van der Waals surface area contributed by atoms with E-state index in [4.69, 9.17) is 0 Å². The number of sulfonamides is 1. The van der Waals surface area contributed by atoms with E-state index in [1.165, 1.54) is 4.31 Å². The normalized spacial score (nSPS) is 26.1. The summed E-state index contributed by atoms with van der Waals surface area (Å²) in [5.41, 5.74) is 1.03. The third-order valence-corrected chi connectivity index (χ3v) is 6.62. The monoisotopic (exact) mass is 287 g/mol. The maximum Gasteiger partial charge on any atom is 0.243 e. The van der Waals surface area contributed by atoms with Crippen molar-refractivity contribution >= 4 is 20.8 Å². The fourth-order valence-corrected chi connectivity index (χ4v) is 4.82. The summed E-state index contributed by atoms with van der Waals surface area (Å²) in [5, 5.41) is -0.0982. The maximum atomic E-state index is 12.4. The first-order valence-electron chi connectivity index (χ1n) is 5.85. The lowest BCUT2D eigenvalue weighted by Gasteiger charge is -2.29. The Labute approximate surface area is 111 Å². The number of aryl methyl sites for hydroxylation is 1. The molecule has 0 radical (unpaired) electrons. The summed E-state index contributed by atoms with van der Waals surface area (Å²) < 4.78 is 37.7. The lowest BCUT2D eigenvalue weighted by Crippen LogP contribution is -2.45. The van der Waals surface area contributed by atoms with E-state index in [0.717, 1.165) is 5.56 Å². The van der Waals surface area contributed by atoms with Gasteiger partial charge in [0.15, 0.2) is 0 Å². The zero-order chi connectivity index (χ0) is 13.3. The van der Waals surface area contributed by atoms with Gasteiger partial charge in [-0.15, -0.1) is 0 Å². The van der Waals surface area contributed by atoms with Crippen LogP contribution >= 0.6 is 0 Å². The van der Waals surface area contributed by atoms with Gasteiger partial charge < -0.3 is 0 Å². The lowest BCUT2D eigenvalue weighted by molar-refractivity contribution is 0.417. The Morgan fingerprint density at radius 3 is 2.44 bits per heavy atom. The maximum absolute atomic E-state index is 12.4. The van der Waals surface area contributed by atoms with Crippen molar-refractivity contribution in [2.45, 2.75) is 24.0 Å². The fraction of sp³-hybridized carbons (Fsp3) is 0.500. The van der Waals surface area contributed by atoms with Crippen LogP contribution in [0.1, 0.15) is 12.5 Å². The minimum absolute atomic E-state index is 0.0982. The van der Waals surface area contributed by atoms with Gasteiger partial charge in [0.05, 0.1) is 4.90 Å².